The van der Waals surface area contributed by atoms with Gasteiger partial charge in [0.05, 0.1) is 0 Å². The van der Waals surface area contributed by atoms with Crippen molar-refractivity contribution in [1.82, 2.24) is 0 Å². The molecule has 1 aliphatic carbocycles. The summed E-state index contributed by atoms with van der Waals surface area (Å²) in [7, 11) is 0. The highest BCUT2D eigenvalue weighted by molar-refractivity contribution is 9.10. The maximum absolute atomic E-state index is 3.59. The molecular formula is C10H11Br. The first kappa shape index (κ1) is 8.62. The molecule has 0 radical (unpaired) electrons. The van der Waals surface area contributed by atoms with Gasteiger partial charge in [0.25, 0.3) is 0 Å². The van der Waals surface area contributed by atoms with Gasteiger partial charge in [-0.15, -0.1) is 5.92 Å². The first-order valence-corrected chi connectivity index (χ1v) is 4.59. The number of hydrogen-bond donors (Lipinski definition) is 0. The molecule has 58 valence electrons. The topological polar surface area (TPSA) is 0 Å². The summed E-state index contributed by atoms with van der Waals surface area (Å²) in [6.45, 7) is 2.06. The molecule has 1 unspecified atom stereocenters. The Morgan fingerprint density at radius 1 is 1.55 bits per heavy atom. The quantitative estimate of drug-likeness (QED) is 0.426. The van der Waals surface area contributed by atoms with Crippen LogP contribution in [0.3, 0.4) is 0 Å². The molecule has 0 aromatic heterocycles. The molecule has 1 heteroatoms. The van der Waals surface area contributed by atoms with Crippen molar-refractivity contribution in [3.8, 4) is 11.8 Å². The summed E-state index contributed by atoms with van der Waals surface area (Å²) in [6.07, 6.45) is 10.2. The highest BCUT2D eigenvalue weighted by Crippen LogP contribution is 2.26. The molecule has 0 aliphatic heterocycles. The summed E-state index contributed by atoms with van der Waals surface area (Å²) in [5.74, 6) is 6.25. The van der Waals surface area contributed by atoms with Crippen LogP contribution in [0.4, 0.5) is 0 Å². The van der Waals surface area contributed by atoms with Crippen LogP contribution in [0.25, 0.3) is 0 Å². The van der Waals surface area contributed by atoms with Crippen molar-refractivity contribution in [3.63, 3.8) is 0 Å². The third kappa shape index (κ3) is 2.55. The van der Waals surface area contributed by atoms with E-state index in [9.17, 15) is 0 Å². The molecule has 0 heterocycles. The Balaban J connectivity index is 2.68. The van der Waals surface area contributed by atoms with Crippen LogP contribution in [0.5, 0.6) is 0 Å². The minimum Gasteiger partial charge on any atom is -0.102 e. The Hall–Kier alpha value is -0.480. The molecule has 0 saturated carbocycles. The molecular weight excluding hydrogens is 200 g/mol. The minimum atomic E-state index is -0.0856. The lowest BCUT2D eigenvalue weighted by molar-refractivity contribution is 0.928. The van der Waals surface area contributed by atoms with E-state index in [1.54, 1.807) is 0 Å². The van der Waals surface area contributed by atoms with Crippen LogP contribution in [0.2, 0.25) is 0 Å². The molecule has 1 rings (SSSR count). The van der Waals surface area contributed by atoms with Gasteiger partial charge in [-0.2, -0.15) is 0 Å². The van der Waals surface area contributed by atoms with Crippen molar-refractivity contribution < 1.29 is 0 Å². The second-order valence-electron chi connectivity index (χ2n) is 2.51. The molecule has 0 bridgehead atoms. The van der Waals surface area contributed by atoms with Crippen molar-refractivity contribution >= 4 is 15.9 Å². The van der Waals surface area contributed by atoms with E-state index in [-0.39, 0.29) is 4.32 Å². The summed E-state index contributed by atoms with van der Waals surface area (Å²) in [4.78, 5) is 0. The van der Waals surface area contributed by atoms with Crippen molar-refractivity contribution in [2.45, 2.75) is 24.1 Å². The van der Waals surface area contributed by atoms with Crippen LogP contribution in [0, 0.1) is 11.8 Å². The lowest BCUT2D eigenvalue weighted by Gasteiger charge is -2.16. The Labute approximate surface area is 76.5 Å². The van der Waals surface area contributed by atoms with Gasteiger partial charge in [-0.25, -0.2) is 0 Å². The fraction of sp³-hybridized carbons (Fsp3) is 0.400. The molecule has 0 amide bonds. The molecule has 0 aromatic rings. The molecule has 0 saturated heterocycles. The number of allylic oxidation sites excluding steroid dienone is 4. The molecule has 11 heavy (non-hydrogen) atoms. The summed E-state index contributed by atoms with van der Waals surface area (Å²) in [5, 5.41) is 0. The van der Waals surface area contributed by atoms with Crippen LogP contribution in [-0.4, -0.2) is 4.32 Å². The zero-order chi connectivity index (χ0) is 8.16. The Morgan fingerprint density at radius 2 is 2.36 bits per heavy atom. The Bertz CT molecular complexity index is 239. The zero-order valence-electron chi connectivity index (χ0n) is 6.60. The molecule has 0 aromatic carbocycles. The summed E-state index contributed by atoms with van der Waals surface area (Å²) < 4.78 is -0.0856. The van der Waals surface area contributed by atoms with E-state index >= 15 is 0 Å². The summed E-state index contributed by atoms with van der Waals surface area (Å²) in [5.41, 5.74) is 0. The van der Waals surface area contributed by atoms with E-state index in [0.717, 1.165) is 12.8 Å². The molecule has 0 nitrogen and oxygen atoms in total. The maximum atomic E-state index is 3.59. The lowest BCUT2D eigenvalue weighted by atomic mass is 10.0. The normalized spacial score (nSPS) is 27.8. The molecule has 1 aliphatic rings. The predicted octanol–water partition coefficient (Wildman–Crippen LogP) is 3.05. The van der Waals surface area contributed by atoms with E-state index in [1.165, 1.54) is 0 Å². The molecule has 1 atom stereocenters. The van der Waals surface area contributed by atoms with Gasteiger partial charge in [-0.1, -0.05) is 53.1 Å². The molecule has 0 N–H and O–H groups in total. The van der Waals surface area contributed by atoms with Crippen LogP contribution < -0.4 is 0 Å². The van der Waals surface area contributed by atoms with E-state index in [4.69, 9.17) is 0 Å². The van der Waals surface area contributed by atoms with Gasteiger partial charge in [0, 0.05) is 6.42 Å². The van der Waals surface area contributed by atoms with Crippen molar-refractivity contribution in [3.05, 3.63) is 24.3 Å². The SMILES string of the molecule is CCC#CC1(Br)C=CC=CC1. The van der Waals surface area contributed by atoms with Gasteiger partial charge >= 0.3 is 0 Å². The number of hydrogen-bond acceptors (Lipinski definition) is 0. The minimum absolute atomic E-state index is 0.0856. The van der Waals surface area contributed by atoms with Crippen LogP contribution in [0.15, 0.2) is 24.3 Å². The Morgan fingerprint density at radius 3 is 2.91 bits per heavy atom. The highest BCUT2D eigenvalue weighted by Gasteiger charge is 2.19. The zero-order valence-corrected chi connectivity index (χ0v) is 8.19. The van der Waals surface area contributed by atoms with Crippen LogP contribution >= 0.6 is 15.9 Å². The second-order valence-corrected chi connectivity index (χ2v) is 3.92. The van der Waals surface area contributed by atoms with E-state index in [0.29, 0.717) is 0 Å². The molecule has 0 spiro atoms. The lowest BCUT2D eigenvalue weighted by Crippen LogP contribution is -2.14. The summed E-state index contributed by atoms with van der Waals surface area (Å²) >= 11 is 3.59. The standard InChI is InChI=1S/C10H11Br/c1-2-3-7-10(11)8-5-4-6-9-10/h4-6,8H,2,9H2,1H3. The first-order valence-electron chi connectivity index (χ1n) is 3.80. The smallest absolute Gasteiger partial charge is 0.102 e. The van der Waals surface area contributed by atoms with Gasteiger partial charge in [0.15, 0.2) is 0 Å². The van der Waals surface area contributed by atoms with Gasteiger partial charge in [-0.3, -0.25) is 0 Å². The number of alkyl halides is 1. The van der Waals surface area contributed by atoms with Crippen LogP contribution in [0.1, 0.15) is 19.8 Å². The van der Waals surface area contributed by atoms with Gasteiger partial charge in [-0.05, 0) is 6.42 Å². The number of rotatable bonds is 0. The Kier molecular flexibility index (Phi) is 2.96. The van der Waals surface area contributed by atoms with Gasteiger partial charge < -0.3 is 0 Å². The number of halogens is 1. The second kappa shape index (κ2) is 3.78. The monoisotopic (exact) mass is 210 g/mol. The highest BCUT2D eigenvalue weighted by atomic mass is 79.9. The average molecular weight is 211 g/mol. The van der Waals surface area contributed by atoms with Crippen LogP contribution in [-0.2, 0) is 0 Å². The molecule has 0 fully saturated rings. The van der Waals surface area contributed by atoms with E-state index < -0.39 is 0 Å². The van der Waals surface area contributed by atoms with Crippen molar-refractivity contribution in [1.29, 1.82) is 0 Å². The third-order valence-electron chi connectivity index (χ3n) is 1.50. The van der Waals surface area contributed by atoms with Crippen molar-refractivity contribution in [2.75, 3.05) is 0 Å². The largest absolute Gasteiger partial charge is 0.108 e. The first-order chi connectivity index (χ1) is 5.27. The predicted molar refractivity (Wildman–Crippen MR) is 52.6 cm³/mol. The summed E-state index contributed by atoms with van der Waals surface area (Å²) in [6, 6.07) is 0. The van der Waals surface area contributed by atoms with E-state index in [2.05, 4.69) is 46.8 Å². The maximum Gasteiger partial charge on any atom is 0.108 e. The van der Waals surface area contributed by atoms with Gasteiger partial charge in [0.1, 0.15) is 4.32 Å². The fourth-order valence-electron chi connectivity index (χ4n) is 0.922. The average Bonchev–Trinajstić information content (AvgIpc) is 2.03. The van der Waals surface area contributed by atoms with E-state index in [1.807, 2.05) is 12.2 Å². The van der Waals surface area contributed by atoms with Crippen molar-refractivity contribution in [2.24, 2.45) is 0 Å². The third-order valence-corrected chi connectivity index (χ3v) is 2.28. The fourth-order valence-corrected chi connectivity index (χ4v) is 1.40. The van der Waals surface area contributed by atoms with Gasteiger partial charge in [0.2, 0.25) is 0 Å².